The van der Waals surface area contributed by atoms with Crippen LogP contribution in [0.2, 0.25) is 0 Å². The predicted molar refractivity (Wildman–Crippen MR) is 113 cm³/mol. The lowest BCUT2D eigenvalue weighted by Gasteiger charge is -2.27. The number of aryl methyl sites for hydroxylation is 1. The smallest absolute Gasteiger partial charge is 0.256 e. The fourth-order valence-electron chi connectivity index (χ4n) is 3.93. The monoisotopic (exact) mass is 407 g/mol. The van der Waals surface area contributed by atoms with Gasteiger partial charge in [-0.05, 0) is 30.7 Å². The van der Waals surface area contributed by atoms with E-state index in [2.05, 4.69) is 5.32 Å². The normalized spacial score (nSPS) is 19.1. The summed E-state index contributed by atoms with van der Waals surface area (Å²) < 4.78 is 5.31. The molecule has 0 radical (unpaired) electrons. The number of carbonyl (C=O) groups excluding carboxylic acids is 3. The molecule has 0 unspecified atom stereocenters. The molecular formula is C23H25N3O4. The minimum Gasteiger partial charge on any atom is -0.378 e. The molecule has 156 valence electrons. The first-order valence-corrected chi connectivity index (χ1v) is 10.2. The van der Waals surface area contributed by atoms with E-state index < -0.39 is 5.92 Å². The molecular weight excluding hydrogens is 382 g/mol. The Kier molecular flexibility index (Phi) is 5.81. The minimum absolute atomic E-state index is 0.0675. The van der Waals surface area contributed by atoms with Crippen LogP contribution in [0, 0.1) is 12.8 Å². The zero-order valence-corrected chi connectivity index (χ0v) is 17.0. The Morgan fingerprint density at radius 3 is 2.50 bits per heavy atom. The van der Waals surface area contributed by atoms with E-state index in [-0.39, 0.29) is 24.1 Å². The third kappa shape index (κ3) is 4.07. The molecule has 7 heteroatoms. The number of nitrogens with zero attached hydrogens (tertiary/aromatic N) is 2. The number of hydrogen-bond acceptors (Lipinski definition) is 4. The molecule has 2 aliphatic rings. The van der Waals surface area contributed by atoms with Gasteiger partial charge in [-0.3, -0.25) is 14.4 Å². The molecule has 2 aliphatic heterocycles. The molecule has 2 saturated heterocycles. The van der Waals surface area contributed by atoms with E-state index in [0.29, 0.717) is 44.1 Å². The van der Waals surface area contributed by atoms with Gasteiger partial charge >= 0.3 is 0 Å². The minimum atomic E-state index is -0.469. The summed E-state index contributed by atoms with van der Waals surface area (Å²) in [6.45, 7) is 4.37. The number of ether oxygens (including phenoxy) is 1. The zero-order valence-electron chi connectivity index (χ0n) is 17.0. The number of carbonyl (C=O) groups is 3. The molecule has 0 bridgehead atoms. The van der Waals surface area contributed by atoms with Gasteiger partial charge in [0.2, 0.25) is 11.8 Å². The van der Waals surface area contributed by atoms with Gasteiger partial charge in [-0.1, -0.05) is 30.3 Å². The van der Waals surface area contributed by atoms with E-state index in [9.17, 15) is 14.4 Å². The molecule has 2 heterocycles. The number of morpholine rings is 1. The molecule has 2 aromatic carbocycles. The Morgan fingerprint density at radius 1 is 1.03 bits per heavy atom. The van der Waals surface area contributed by atoms with Crippen molar-refractivity contribution in [2.45, 2.75) is 13.3 Å². The Labute approximate surface area is 175 Å². The van der Waals surface area contributed by atoms with E-state index in [1.54, 1.807) is 34.1 Å². The van der Waals surface area contributed by atoms with Crippen LogP contribution in [0.4, 0.5) is 11.4 Å². The number of benzene rings is 2. The highest BCUT2D eigenvalue weighted by molar-refractivity contribution is 6.07. The fourth-order valence-corrected chi connectivity index (χ4v) is 3.93. The van der Waals surface area contributed by atoms with Crippen LogP contribution < -0.4 is 10.2 Å². The van der Waals surface area contributed by atoms with Crippen LogP contribution in [-0.4, -0.2) is 55.5 Å². The Bertz CT molecular complexity index is 968. The summed E-state index contributed by atoms with van der Waals surface area (Å²) in [5.74, 6) is -0.911. The highest BCUT2D eigenvalue weighted by Crippen LogP contribution is 2.29. The zero-order chi connectivity index (χ0) is 21.1. The van der Waals surface area contributed by atoms with Crippen molar-refractivity contribution < 1.29 is 19.1 Å². The van der Waals surface area contributed by atoms with E-state index in [0.717, 1.165) is 11.3 Å². The third-order valence-corrected chi connectivity index (χ3v) is 5.62. The van der Waals surface area contributed by atoms with Gasteiger partial charge < -0.3 is 19.9 Å². The molecule has 7 nitrogen and oxygen atoms in total. The Hall–Kier alpha value is -3.19. The fraction of sp³-hybridized carbons (Fsp3) is 0.348. The van der Waals surface area contributed by atoms with Crippen molar-refractivity contribution in [3.8, 4) is 0 Å². The van der Waals surface area contributed by atoms with Crippen LogP contribution in [0.25, 0.3) is 0 Å². The molecule has 1 atom stereocenters. The molecule has 0 saturated carbocycles. The van der Waals surface area contributed by atoms with Crippen LogP contribution in [0.5, 0.6) is 0 Å². The van der Waals surface area contributed by atoms with Crippen molar-refractivity contribution in [2.75, 3.05) is 43.1 Å². The highest BCUT2D eigenvalue weighted by Gasteiger charge is 2.36. The molecule has 0 aromatic heterocycles. The number of para-hydroxylation sites is 2. The van der Waals surface area contributed by atoms with Gasteiger partial charge in [-0.2, -0.15) is 0 Å². The molecule has 4 rings (SSSR count). The number of anilines is 2. The van der Waals surface area contributed by atoms with Gasteiger partial charge in [0.15, 0.2) is 0 Å². The van der Waals surface area contributed by atoms with Crippen molar-refractivity contribution in [3.63, 3.8) is 0 Å². The van der Waals surface area contributed by atoms with Gasteiger partial charge in [0.25, 0.3) is 5.91 Å². The molecule has 0 spiro atoms. The van der Waals surface area contributed by atoms with Crippen LogP contribution in [-0.2, 0) is 14.3 Å². The van der Waals surface area contributed by atoms with E-state index in [1.807, 2.05) is 31.2 Å². The van der Waals surface area contributed by atoms with Gasteiger partial charge in [0, 0.05) is 31.7 Å². The summed E-state index contributed by atoms with van der Waals surface area (Å²) in [6.07, 6.45) is 0.153. The maximum atomic E-state index is 12.9. The SMILES string of the molecule is Cc1ccccc1N1C[C@H](C(=O)Nc2ccccc2C(=O)N2CCOCC2)CC1=O. The molecule has 2 fully saturated rings. The summed E-state index contributed by atoms with van der Waals surface area (Å²) in [5, 5.41) is 2.88. The summed E-state index contributed by atoms with van der Waals surface area (Å²) in [7, 11) is 0. The van der Waals surface area contributed by atoms with Crippen molar-refractivity contribution in [1.29, 1.82) is 0 Å². The molecule has 30 heavy (non-hydrogen) atoms. The van der Waals surface area contributed by atoms with Crippen LogP contribution in [0.1, 0.15) is 22.3 Å². The summed E-state index contributed by atoms with van der Waals surface area (Å²) >= 11 is 0. The second-order valence-corrected chi connectivity index (χ2v) is 7.63. The Morgan fingerprint density at radius 2 is 1.73 bits per heavy atom. The van der Waals surface area contributed by atoms with Crippen LogP contribution in [0.3, 0.4) is 0 Å². The van der Waals surface area contributed by atoms with Crippen molar-refractivity contribution in [1.82, 2.24) is 4.90 Å². The van der Waals surface area contributed by atoms with Crippen molar-refractivity contribution in [2.24, 2.45) is 5.92 Å². The second-order valence-electron chi connectivity index (χ2n) is 7.63. The van der Waals surface area contributed by atoms with Crippen LogP contribution >= 0.6 is 0 Å². The van der Waals surface area contributed by atoms with Crippen molar-refractivity contribution in [3.05, 3.63) is 59.7 Å². The van der Waals surface area contributed by atoms with Gasteiger partial charge in [0.05, 0.1) is 30.4 Å². The van der Waals surface area contributed by atoms with Gasteiger partial charge in [-0.15, -0.1) is 0 Å². The quantitative estimate of drug-likeness (QED) is 0.845. The lowest BCUT2D eigenvalue weighted by atomic mass is 10.1. The highest BCUT2D eigenvalue weighted by atomic mass is 16.5. The molecule has 0 aliphatic carbocycles. The summed E-state index contributed by atoms with van der Waals surface area (Å²) in [6, 6.07) is 14.7. The largest absolute Gasteiger partial charge is 0.378 e. The lowest BCUT2D eigenvalue weighted by Crippen LogP contribution is -2.41. The second kappa shape index (κ2) is 8.67. The first-order chi connectivity index (χ1) is 14.5. The van der Waals surface area contributed by atoms with E-state index in [4.69, 9.17) is 4.74 Å². The standard InChI is InChI=1S/C23H25N3O4/c1-16-6-2-5-9-20(16)26-15-17(14-21(26)27)22(28)24-19-8-4-3-7-18(19)23(29)25-10-12-30-13-11-25/h2-9,17H,10-15H2,1H3,(H,24,28)/t17-/m1/s1. The maximum Gasteiger partial charge on any atom is 0.256 e. The number of hydrogen-bond donors (Lipinski definition) is 1. The van der Waals surface area contributed by atoms with Crippen LogP contribution in [0.15, 0.2) is 48.5 Å². The predicted octanol–water partition coefficient (Wildman–Crippen LogP) is 2.46. The van der Waals surface area contributed by atoms with Gasteiger partial charge in [0.1, 0.15) is 0 Å². The first-order valence-electron chi connectivity index (χ1n) is 10.2. The van der Waals surface area contributed by atoms with E-state index >= 15 is 0 Å². The average Bonchev–Trinajstić information content (AvgIpc) is 3.16. The topological polar surface area (TPSA) is 79.0 Å². The number of amides is 3. The lowest BCUT2D eigenvalue weighted by molar-refractivity contribution is -0.122. The molecule has 3 amide bonds. The molecule has 2 aromatic rings. The first kappa shape index (κ1) is 20.1. The molecule has 1 N–H and O–H groups in total. The maximum absolute atomic E-state index is 12.9. The van der Waals surface area contributed by atoms with Crippen molar-refractivity contribution >= 4 is 29.1 Å². The average molecular weight is 407 g/mol. The summed E-state index contributed by atoms with van der Waals surface area (Å²) in [4.78, 5) is 41.8. The Balaban J connectivity index is 1.48. The third-order valence-electron chi connectivity index (χ3n) is 5.62. The number of nitrogens with one attached hydrogen (secondary N) is 1. The van der Waals surface area contributed by atoms with Gasteiger partial charge in [-0.25, -0.2) is 0 Å². The van der Waals surface area contributed by atoms with E-state index in [1.165, 1.54) is 0 Å². The number of rotatable bonds is 4. The summed E-state index contributed by atoms with van der Waals surface area (Å²) in [5.41, 5.74) is 2.75.